The maximum Gasteiger partial charge on any atom is 0.267 e. The third-order valence-corrected chi connectivity index (χ3v) is 6.31. The zero-order valence-electron chi connectivity index (χ0n) is 15.8. The molecule has 0 N–H and O–H groups in total. The summed E-state index contributed by atoms with van der Waals surface area (Å²) in [7, 11) is 0. The summed E-state index contributed by atoms with van der Waals surface area (Å²) < 4.78 is 1.72. The number of nitrogens with zero attached hydrogens (tertiary/aromatic N) is 5. The average Bonchev–Trinajstić information content (AvgIpc) is 3.55. The van der Waals surface area contributed by atoms with E-state index in [1.165, 1.54) is 36.9 Å². The minimum atomic E-state index is 0.0722. The highest BCUT2D eigenvalue weighted by Gasteiger charge is 2.27. The normalized spacial score (nSPS) is 20.5. The summed E-state index contributed by atoms with van der Waals surface area (Å²) in [6, 6.07) is 4.00. The van der Waals surface area contributed by atoms with E-state index >= 15 is 0 Å². The van der Waals surface area contributed by atoms with E-state index in [4.69, 9.17) is 5.10 Å². The van der Waals surface area contributed by atoms with Gasteiger partial charge < -0.3 is 4.90 Å². The molecule has 1 saturated heterocycles. The molecule has 5 rings (SSSR count). The highest BCUT2D eigenvalue weighted by atomic mass is 16.1. The molecule has 6 heteroatoms. The van der Waals surface area contributed by atoms with Crippen molar-refractivity contribution in [3.8, 4) is 0 Å². The van der Waals surface area contributed by atoms with Crippen LogP contribution in [0.25, 0.3) is 0 Å². The quantitative estimate of drug-likeness (QED) is 0.834. The van der Waals surface area contributed by atoms with Crippen molar-refractivity contribution in [2.24, 2.45) is 5.92 Å². The number of fused-ring (bicyclic) bond motifs is 1. The van der Waals surface area contributed by atoms with Crippen LogP contribution in [0.3, 0.4) is 0 Å². The minimum absolute atomic E-state index is 0.0722. The van der Waals surface area contributed by atoms with E-state index < -0.39 is 0 Å². The van der Waals surface area contributed by atoms with Gasteiger partial charge >= 0.3 is 0 Å². The van der Waals surface area contributed by atoms with Crippen LogP contribution in [0.15, 0.2) is 23.3 Å². The Balaban J connectivity index is 1.23. The Morgan fingerprint density at radius 3 is 2.63 bits per heavy atom. The molecule has 2 fully saturated rings. The molecule has 3 aliphatic rings. The molecule has 2 aliphatic carbocycles. The van der Waals surface area contributed by atoms with Gasteiger partial charge in [-0.15, -0.1) is 0 Å². The van der Waals surface area contributed by atoms with Crippen molar-refractivity contribution in [2.45, 2.75) is 63.8 Å². The predicted octanol–water partition coefficient (Wildman–Crippen LogP) is 2.71. The molecule has 27 heavy (non-hydrogen) atoms. The Hall–Kier alpha value is -2.24. The summed E-state index contributed by atoms with van der Waals surface area (Å²) in [6.07, 6.45) is 10.8. The maximum atomic E-state index is 12.4. The number of rotatable bonds is 4. The van der Waals surface area contributed by atoms with Gasteiger partial charge in [0.1, 0.15) is 12.1 Å². The lowest BCUT2D eigenvalue weighted by molar-refractivity contribution is 0.331. The largest absolute Gasteiger partial charge is 0.356 e. The summed E-state index contributed by atoms with van der Waals surface area (Å²) in [4.78, 5) is 23.7. The van der Waals surface area contributed by atoms with Crippen LogP contribution in [0, 0.1) is 5.92 Å². The number of hydrogen-bond acceptors (Lipinski definition) is 5. The molecule has 0 unspecified atom stereocenters. The second-order valence-corrected chi connectivity index (χ2v) is 8.35. The molecular formula is C21H27N5O. The standard InChI is InChI=1S/C21H27N5O/c27-21-11-17-3-1-2-4-18(17)24-26(21)13-15-7-9-25(10-8-15)20-12-19(16-5-6-16)22-14-23-20/h11-12,14-16H,1-10,13H2. The number of anilines is 1. The molecule has 1 saturated carbocycles. The molecule has 142 valence electrons. The van der Waals surface area contributed by atoms with Crippen molar-refractivity contribution in [1.82, 2.24) is 19.7 Å². The first-order valence-corrected chi connectivity index (χ1v) is 10.4. The van der Waals surface area contributed by atoms with E-state index in [1.54, 1.807) is 11.0 Å². The summed E-state index contributed by atoms with van der Waals surface area (Å²) in [5, 5.41) is 4.69. The van der Waals surface area contributed by atoms with E-state index in [0.717, 1.165) is 56.8 Å². The fraction of sp³-hybridized carbons (Fsp3) is 0.619. The van der Waals surface area contributed by atoms with Gasteiger partial charge in [-0.3, -0.25) is 4.79 Å². The highest BCUT2D eigenvalue weighted by Crippen LogP contribution is 2.39. The van der Waals surface area contributed by atoms with Crippen molar-refractivity contribution >= 4 is 5.82 Å². The predicted molar refractivity (Wildman–Crippen MR) is 104 cm³/mol. The summed E-state index contributed by atoms with van der Waals surface area (Å²) >= 11 is 0. The van der Waals surface area contributed by atoms with E-state index in [0.29, 0.717) is 11.8 Å². The number of piperidine rings is 1. The van der Waals surface area contributed by atoms with E-state index in [1.807, 2.05) is 6.07 Å². The van der Waals surface area contributed by atoms with Crippen molar-refractivity contribution in [3.63, 3.8) is 0 Å². The van der Waals surface area contributed by atoms with Gasteiger partial charge in [0.2, 0.25) is 0 Å². The second-order valence-electron chi connectivity index (χ2n) is 8.35. The van der Waals surface area contributed by atoms with Crippen LogP contribution >= 0.6 is 0 Å². The monoisotopic (exact) mass is 365 g/mol. The molecular weight excluding hydrogens is 338 g/mol. The Labute approximate surface area is 159 Å². The molecule has 0 atom stereocenters. The molecule has 0 aromatic carbocycles. The van der Waals surface area contributed by atoms with Gasteiger partial charge in [0.25, 0.3) is 5.56 Å². The first kappa shape index (κ1) is 16.9. The molecule has 0 amide bonds. The van der Waals surface area contributed by atoms with Gasteiger partial charge in [-0.1, -0.05) is 0 Å². The average molecular weight is 365 g/mol. The molecule has 0 bridgehead atoms. The topological polar surface area (TPSA) is 63.9 Å². The van der Waals surface area contributed by atoms with Crippen LogP contribution < -0.4 is 10.5 Å². The zero-order valence-corrected chi connectivity index (χ0v) is 15.8. The van der Waals surface area contributed by atoms with Gasteiger partial charge in [-0.25, -0.2) is 14.6 Å². The minimum Gasteiger partial charge on any atom is -0.356 e. The molecule has 1 aliphatic heterocycles. The van der Waals surface area contributed by atoms with Crippen LogP contribution in [0.2, 0.25) is 0 Å². The number of aromatic nitrogens is 4. The fourth-order valence-corrected chi connectivity index (χ4v) is 4.46. The van der Waals surface area contributed by atoms with Gasteiger partial charge in [0.15, 0.2) is 0 Å². The second kappa shape index (κ2) is 7.06. The lowest BCUT2D eigenvalue weighted by atomic mass is 9.96. The van der Waals surface area contributed by atoms with Crippen LogP contribution in [-0.4, -0.2) is 32.8 Å². The third kappa shape index (κ3) is 3.62. The Bertz CT molecular complexity index is 880. The lowest BCUT2D eigenvalue weighted by Crippen LogP contribution is -2.37. The summed E-state index contributed by atoms with van der Waals surface area (Å²) in [5.41, 5.74) is 3.59. The van der Waals surface area contributed by atoms with Gasteiger partial charge in [-0.2, -0.15) is 5.10 Å². The fourth-order valence-electron chi connectivity index (χ4n) is 4.46. The molecule has 3 heterocycles. The first-order valence-electron chi connectivity index (χ1n) is 10.4. The third-order valence-electron chi connectivity index (χ3n) is 6.31. The van der Waals surface area contributed by atoms with Gasteiger partial charge in [0, 0.05) is 43.4 Å². The van der Waals surface area contributed by atoms with E-state index in [-0.39, 0.29) is 5.56 Å². The summed E-state index contributed by atoms with van der Waals surface area (Å²) in [5.74, 6) is 2.23. The zero-order chi connectivity index (χ0) is 18.2. The van der Waals surface area contributed by atoms with Crippen LogP contribution in [0.4, 0.5) is 5.82 Å². The van der Waals surface area contributed by atoms with Crippen molar-refractivity contribution < 1.29 is 0 Å². The van der Waals surface area contributed by atoms with E-state index in [9.17, 15) is 4.79 Å². The van der Waals surface area contributed by atoms with Crippen molar-refractivity contribution in [3.05, 3.63) is 45.8 Å². The van der Waals surface area contributed by atoms with Crippen LogP contribution in [0.5, 0.6) is 0 Å². The summed E-state index contributed by atoms with van der Waals surface area (Å²) in [6.45, 7) is 2.73. The molecule has 0 radical (unpaired) electrons. The lowest BCUT2D eigenvalue weighted by Gasteiger charge is -2.33. The van der Waals surface area contributed by atoms with Crippen molar-refractivity contribution in [1.29, 1.82) is 0 Å². The Morgan fingerprint density at radius 1 is 1.00 bits per heavy atom. The maximum absolute atomic E-state index is 12.4. The van der Waals surface area contributed by atoms with E-state index in [2.05, 4.69) is 20.9 Å². The molecule has 2 aromatic heterocycles. The molecule has 6 nitrogen and oxygen atoms in total. The molecule has 0 spiro atoms. The first-order chi connectivity index (χ1) is 13.3. The Morgan fingerprint density at radius 2 is 1.81 bits per heavy atom. The van der Waals surface area contributed by atoms with Crippen LogP contribution in [0.1, 0.15) is 61.4 Å². The SMILES string of the molecule is O=c1cc2c(nn1CC1CCN(c3cc(C4CC4)ncn3)CC1)CCCC2. The Kier molecular flexibility index (Phi) is 4.42. The van der Waals surface area contributed by atoms with Gasteiger partial charge in [-0.05, 0) is 62.8 Å². The van der Waals surface area contributed by atoms with Crippen molar-refractivity contribution in [2.75, 3.05) is 18.0 Å². The number of hydrogen-bond donors (Lipinski definition) is 0. The van der Waals surface area contributed by atoms with Crippen LogP contribution in [-0.2, 0) is 19.4 Å². The number of aryl methyl sites for hydroxylation is 2. The van der Waals surface area contributed by atoms with Gasteiger partial charge in [0.05, 0.1) is 5.69 Å². The highest BCUT2D eigenvalue weighted by molar-refractivity contribution is 5.40. The molecule has 2 aromatic rings. The smallest absolute Gasteiger partial charge is 0.267 e.